The molecular formula is Ag2IO. The van der Waals surface area contributed by atoms with Crippen molar-refractivity contribution < 1.29 is 41.5 Å². The minimum absolute atomic E-state index is 1.70. The fourth-order valence-electron chi connectivity index (χ4n) is 0. The normalized spacial score (nSPS) is 3.25. The van der Waals surface area contributed by atoms with Crippen LogP contribution in [0, 0.1) is 0 Å². The van der Waals surface area contributed by atoms with Crippen LogP contribution in [0.15, 0.2) is 0 Å². The molecule has 0 unspecified atom stereocenters. The Morgan fingerprint density at radius 1 is 1.25 bits per heavy atom. The predicted molar refractivity (Wildman–Crippen MR) is 14.7 cm³/mol. The predicted octanol–water partition coefficient (Wildman–Crippen LogP) is 0.762. The van der Waals surface area contributed by atoms with E-state index in [2.05, 4.69) is 17.3 Å². The molecule has 0 aliphatic rings. The van der Waals surface area contributed by atoms with Crippen molar-refractivity contribution in [3.8, 4) is 0 Å². The first-order chi connectivity index (χ1) is 2.00. The molecule has 0 heterocycles. The molecule has 0 N–H and O–H groups in total. The fourth-order valence-corrected chi connectivity index (χ4v) is 0. The van der Waals surface area contributed by atoms with Crippen molar-refractivity contribution in [2.24, 2.45) is 0 Å². The van der Waals surface area contributed by atoms with E-state index in [0.717, 1.165) is 0 Å². The molecule has 0 radical (unpaired) electrons. The second kappa shape index (κ2) is 19.9. The number of hydrogen-bond donors (Lipinski definition) is 0. The quantitative estimate of drug-likeness (QED) is 0.462. The third-order valence-corrected chi connectivity index (χ3v) is 0. The van der Waals surface area contributed by atoms with Crippen molar-refractivity contribution >= 4 is 19.0 Å². The van der Waals surface area contributed by atoms with Gasteiger partial charge in [-0.15, -0.1) is 0 Å². The molecule has 35 valence electrons. The van der Waals surface area contributed by atoms with Gasteiger partial charge in [0.25, 0.3) is 0 Å². The Morgan fingerprint density at radius 2 is 1.25 bits per heavy atom. The molecule has 0 fully saturated rings. The van der Waals surface area contributed by atoms with Gasteiger partial charge in [-0.3, -0.25) is 0 Å². The van der Waals surface area contributed by atoms with E-state index in [1.807, 2.05) is 19.0 Å². The van der Waals surface area contributed by atoms with Gasteiger partial charge in [-0.05, 0) is 0 Å². The first kappa shape index (κ1) is 9.38. The van der Waals surface area contributed by atoms with Gasteiger partial charge in [0.15, 0.2) is 0 Å². The average Bonchev–Trinajstić information content (AvgIpc) is 1.50. The van der Waals surface area contributed by atoms with Crippen molar-refractivity contribution in [3.05, 3.63) is 0 Å². The van der Waals surface area contributed by atoms with E-state index in [0.29, 0.717) is 0 Å². The van der Waals surface area contributed by atoms with E-state index >= 15 is 0 Å². The van der Waals surface area contributed by atoms with E-state index in [1.165, 1.54) is 0 Å². The molecule has 4 heavy (non-hydrogen) atoms. The van der Waals surface area contributed by atoms with Gasteiger partial charge in [-0.1, -0.05) is 0 Å². The van der Waals surface area contributed by atoms with Crippen LogP contribution in [0.25, 0.3) is 0 Å². The van der Waals surface area contributed by atoms with Crippen molar-refractivity contribution in [2.75, 3.05) is 0 Å². The van der Waals surface area contributed by atoms with Gasteiger partial charge in [0, 0.05) is 0 Å². The summed E-state index contributed by atoms with van der Waals surface area (Å²) in [7, 11) is 0. The number of hydrogen-bond acceptors (Lipinski definition) is 1. The van der Waals surface area contributed by atoms with E-state index < -0.39 is 0 Å². The summed E-state index contributed by atoms with van der Waals surface area (Å²) < 4.78 is 8.06. The maximum atomic E-state index is 8.06. The van der Waals surface area contributed by atoms with Crippen LogP contribution in [0.3, 0.4) is 0 Å². The van der Waals surface area contributed by atoms with Crippen LogP contribution in [0.5, 0.6) is 0 Å². The molecule has 4 heteroatoms. The van der Waals surface area contributed by atoms with Crippen LogP contribution in [0.4, 0.5) is 0 Å². The molecular weight excluding hydrogens is 359 g/mol. The van der Waals surface area contributed by atoms with Crippen LogP contribution in [-0.2, 0) is 41.5 Å². The number of halogens is 1. The van der Waals surface area contributed by atoms with Crippen LogP contribution in [0.2, 0.25) is 0 Å². The molecule has 0 aromatic heterocycles. The first-order valence-electron chi connectivity index (χ1n) is 0.237. The first-order valence-corrected chi connectivity index (χ1v) is 5.25. The molecule has 0 aromatic rings. The molecule has 0 amide bonds. The standard InChI is InChI=1S/2Ag.HI.O/h;;1H;/q;+1;;/p-1. The summed E-state index contributed by atoms with van der Waals surface area (Å²) in [6.45, 7) is 0. The summed E-state index contributed by atoms with van der Waals surface area (Å²) in [5.41, 5.74) is 0. The summed E-state index contributed by atoms with van der Waals surface area (Å²) in [6.07, 6.45) is 0. The molecule has 0 aromatic carbocycles. The molecule has 1 nitrogen and oxygen atoms in total. The van der Waals surface area contributed by atoms with Crippen molar-refractivity contribution in [1.29, 1.82) is 0 Å². The Bertz CT molecular complexity index is 6.00. The van der Waals surface area contributed by atoms with E-state index in [1.54, 1.807) is 21.0 Å². The summed E-state index contributed by atoms with van der Waals surface area (Å²) in [5, 5.41) is 0. The fraction of sp³-hybridized carbons (Fsp3) is 0. The molecule has 0 spiro atoms. The van der Waals surface area contributed by atoms with Crippen LogP contribution < -0.4 is 0 Å². The van der Waals surface area contributed by atoms with Crippen molar-refractivity contribution in [3.63, 3.8) is 0 Å². The minimum atomic E-state index is 1.70. The summed E-state index contributed by atoms with van der Waals surface area (Å²) >= 11 is 6.58. The molecule has 0 saturated carbocycles. The SMILES string of the molecule is [Ag][I].[O]=[Ag]. The Morgan fingerprint density at radius 3 is 1.25 bits per heavy atom. The van der Waals surface area contributed by atoms with Gasteiger partial charge in [-0.2, -0.15) is 0 Å². The van der Waals surface area contributed by atoms with Crippen molar-refractivity contribution in [1.82, 2.24) is 0 Å². The Hall–Kier alpha value is 2.01. The molecule has 0 atom stereocenters. The third-order valence-electron chi connectivity index (χ3n) is 0. The van der Waals surface area contributed by atoms with Crippen LogP contribution in [-0.4, -0.2) is 0 Å². The van der Waals surface area contributed by atoms with Gasteiger partial charge >= 0.3 is 60.6 Å². The van der Waals surface area contributed by atoms with Crippen molar-refractivity contribution in [2.45, 2.75) is 0 Å². The molecule has 0 bridgehead atoms. The molecule has 0 rings (SSSR count). The average molecular weight is 359 g/mol. The molecule has 0 aliphatic heterocycles. The van der Waals surface area contributed by atoms with Gasteiger partial charge in [-0.25, -0.2) is 0 Å². The maximum absolute atomic E-state index is 8.06. The zero-order chi connectivity index (χ0) is 4.00. The van der Waals surface area contributed by atoms with Gasteiger partial charge < -0.3 is 0 Å². The molecule has 0 saturated heterocycles. The van der Waals surface area contributed by atoms with Crippen LogP contribution >= 0.6 is 19.0 Å². The Kier molecular flexibility index (Phi) is 46.8. The summed E-state index contributed by atoms with van der Waals surface area (Å²) in [6, 6.07) is 0. The van der Waals surface area contributed by atoms with E-state index in [9.17, 15) is 0 Å². The summed E-state index contributed by atoms with van der Waals surface area (Å²) in [4.78, 5) is 0. The monoisotopic (exact) mass is 357 g/mol. The van der Waals surface area contributed by atoms with E-state index in [4.69, 9.17) is 3.25 Å². The second-order valence-corrected chi connectivity index (χ2v) is 0. The van der Waals surface area contributed by atoms with Gasteiger partial charge in [0.1, 0.15) is 0 Å². The Balaban J connectivity index is 0. The topological polar surface area (TPSA) is 17.1 Å². The zero-order valence-corrected chi connectivity index (χ0v) is 6.51. The molecule has 0 aliphatic carbocycles. The summed E-state index contributed by atoms with van der Waals surface area (Å²) in [5.74, 6) is 0. The van der Waals surface area contributed by atoms with Gasteiger partial charge in [0.2, 0.25) is 0 Å². The van der Waals surface area contributed by atoms with E-state index in [-0.39, 0.29) is 0 Å². The van der Waals surface area contributed by atoms with Gasteiger partial charge in [0.05, 0.1) is 0 Å². The third kappa shape index (κ3) is 8.99. The number of rotatable bonds is 0. The van der Waals surface area contributed by atoms with Crippen LogP contribution in [0.1, 0.15) is 0 Å². The second-order valence-electron chi connectivity index (χ2n) is 0. The Labute approximate surface area is 59.6 Å². The zero-order valence-electron chi connectivity index (χ0n) is 1.39.